The first-order chi connectivity index (χ1) is 8.74. The summed E-state index contributed by atoms with van der Waals surface area (Å²) in [5.74, 6) is 0. The normalized spacial score (nSPS) is 10.9. The van der Waals surface area contributed by atoms with Crippen molar-refractivity contribution in [1.82, 2.24) is 9.55 Å². The van der Waals surface area contributed by atoms with Gasteiger partial charge in [0.25, 0.3) is 5.69 Å². The van der Waals surface area contributed by atoms with Gasteiger partial charge in [0.2, 0.25) is 0 Å². The van der Waals surface area contributed by atoms with Crippen LogP contribution in [0.15, 0.2) is 41.4 Å². The largest absolute Gasteiger partial charge is 0.341 e. The van der Waals surface area contributed by atoms with Crippen molar-refractivity contribution in [2.24, 2.45) is 0 Å². The van der Waals surface area contributed by atoms with E-state index in [2.05, 4.69) is 4.98 Å². The summed E-state index contributed by atoms with van der Waals surface area (Å²) in [6, 6.07) is 6.78. The van der Waals surface area contributed by atoms with Crippen LogP contribution >= 0.6 is 11.3 Å². The van der Waals surface area contributed by atoms with Crippen LogP contribution in [0.3, 0.4) is 0 Å². The van der Waals surface area contributed by atoms with Crippen molar-refractivity contribution in [3.63, 3.8) is 0 Å². The molecule has 0 bridgehead atoms. The monoisotopic (exact) mass is 259 g/mol. The molecule has 2 heterocycles. The van der Waals surface area contributed by atoms with Crippen LogP contribution < -0.4 is 0 Å². The number of benzene rings is 1. The lowest BCUT2D eigenvalue weighted by Gasteiger charge is -2.02. The van der Waals surface area contributed by atoms with Crippen LogP contribution in [0.4, 0.5) is 5.69 Å². The zero-order valence-corrected chi connectivity index (χ0v) is 10.1. The molecule has 0 saturated carbocycles. The number of nitrogens with zero attached hydrogens (tertiary/aromatic N) is 3. The quantitative estimate of drug-likeness (QED) is 0.536. The minimum atomic E-state index is -0.378. The fraction of sp³-hybridized carbons (Fsp3) is 0.0833. The molecule has 0 aliphatic heterocycles. The Balaban J connectivity index is 2.02. The molecule has 0 aliphatic carbocycles. The van der Waals surface area contributed by atoms with Gasteiger partial charge in [-0.2, -0.15) is 0 Å². The molecule has 0 amide bonds. The van der Waals surface area contributed by atoms with Gasteiger partial charge in [0.15, 0.2) is 0 Å². The van der Waals surface area contributed by atoms with E-state index in [1.54, 1.807) is 29.0 Å². The first kappa shape index (κ1) is 10.9. The number of hydrogen-bond acceptors (Lipinski definition) is 4. The highest BCUT2D eigenvalue weighted by Gasteiger charge is 2.09. The maximum atomic E-state index is 10.7. The van der Waals surface area contributed by atoms with Crippen molar-refractivity contribution < 1.29 is 4.92 Å². The third-order valence-electron chi connectivity index (χ3n) is 2.78. The number of nitro groups is 1. The minimum absolute atomic E-state index is 0.119. The molecule has 3 rings (SSSR count). The average molecular weight is 259 g/mol. The Hall–Kier alpha value is -2.21. The Morgan fingerprint density at radius 2 is 2.28 bits per heavy atom. The molecule has 0 spiro atoms. The molecule has 0 unspecified atom stereocenters. The van der Waals surface area contributed by atoms with Crippen LogP contribution in [0.5, 0.6) is 0 Å². The van der Waals surface area contributed by atoms with Gasteiger partial charge in [-0.15, -0.1) is 11.3 Å². The van der Waals surface area contributed by atoms with Gasteiger partial charge >= 0.3 is 0 Å². The highest BCUT2D eigenvalue weighted by Crippen LogP contribution is 2.22. The van der Waals surface area contributed by atoms with Gasteiger partial charge < -0.3 is 4.57 Å². The molecule has 0 saturated heterocycles. The summed E-state index contributed by atoms with van der Waals surface area (Å²) in [5, 5.41) is 13.6. The van der Waals surface area contributed by atoms with Gasteiger partial charge in [0.1, 0.15) is 0 Å². The van der Waals surface area contributed by atoms with Crippen molar-refractivity contribution in [2.45, 2.75) is 6.54 Å². The first-order valence-corrected chi connectivity index (χ1v) is 6.29. The van der Waals surface area contributed by atoms with Crippen LogP contribution in [-0.2, 0) is 6.54 Å². The molecule has 0 atom stereocenters. The summed E-state index contributed by atoms with van der Waals surface area (Å²) in [6.45, 7) is 0.685. The maximum absolute atomic E-state index is 10.7. The van der Waals surface area contributed by atoms with Crippen molar-refractivity contribution >= 4 is 27.9 Å². The van der Waals surface area contributed by atoms with Gasteiger partial charge in [-0.05, 0) is 12.1 Å². The van der Waals surface area contributed by atoms with E-state index in [0.717, 1.165) is 16.6 Å². The summed E-state index contributed by atoms with van der Waals surface area (Å²) >= 11 is 1.56. The van der Waals surface area contributed by atoms with Crippen molar-refractivity contribution in [1.29, 1.82) is 0 Å². The zero-order valence-electron chi connectivity index (χ0n) is 9.31. The molecular formula is C12H9N3O2S. The summed E-state index contributed by atoms with van der Waals surface area (Å²) in [4.78, 5) is 14.6. The smallest absolute Gasteiger partial charge is 0.270 e. The average Bonchev–Trinajstić information content (AvgIpc) is 2.99. The van der Waals surface area contributed by atoms with E-state index in [9.17, 15) is 10.1 Å². The summed E-state index contributed by atoms with van der Waals surface area (Å²) < 4.78 is 2.04. The lowest BCUT2D eigenvalue weighted by atomic mass is 10.2. The minimum Gasteiger partial charge on any atom is -0.341 e. The molecule has 0 fully saturated rings. The molecule has 0 N–H and O–H groups in total. The Kier molecular flexibility index (Phi) is 2.56. The van der Waals surface area contributed by atoms with Crippen LogP contribution in [-0.4, -0.2) is 14.5 Å². The Bertz CT molecular complexity index is 703. The van der Waals surface area contributed by atoms with E-state index in [4.69, 9.17) is 0 Å². The van der Waals surface area contributed by atoms with Crippen molar-refractivity contribution in [3.8, 4) is 0 Å². The Morgan fingerprint density at radius 1 is 1.39 bits per heavy atom. The lowest BCUT2D eigenvalue weighted by molar-refractivity contribution is -0.384. The number of nitro benzene ring substituents is 1. The predicted octanol–water partition coefficient (Wildman–Crippen LogP) is 3.05. The van der Waals surface area contributed by atoms with Crippen LogP contribution in [0.1, 0.15) is 5.69 Å². The molecule has 0 radical (unpaired) electrons. The molecule has 2 aromatic heterocycles. The maximum Gasteiger partial charge on any atom is 0.270 e. The second-order valence-corrected chi connectivity index (χ2v) is 4.64. The van der Waals surface area contributed by atoms with E-state index in [-0.39, 0.29) is 10.6 Å². The molecule has 90 valence electrons. The zero-order chi connectivity index (χ0) is 12.5. The standard InChI is InChI=1S/C12H9N3O2S/c16-15(17)11-1-2-12-9(5-11)3-4-14(12)6-10-7-18-8-13-10/h1-5,7-8H,6H2. The molecule has 5 nitrogen and oxygen atoms in total. The second-order valence-electron chi connectivity index (χ2n) is 3.92. The molecular weight excluding hydrogens is 250 g/mol. The highest BCUT2D eigenvalue weighted by atomic mass is 32.1. The van der Waals surface area contributed by atoms with E-state index < -0.39 is 0 Å². The van der Waals surface area contributed by atoms with Crippen molar-refractivity contribution in [3.05, 3.63) is 57.2 Å². The van der Waals surface area contributed by atoms with E-state index >= 15 is 0 Å². The van der Waals surface area contributed by atoms with Gasteiger partial charge in [-0.3, -0.25) is 10.1 Å². The topological polar surface area (TPSA) is 61.0 Å². The molecule has 0 aliphatic rings. The van der Waals surface area contributed by atoms with Crippen LogP contribution in [0.2, 0.25) is 0 Å². The Labute approximate surface area is 106 Å². The number of non-ortho nitro benzene ring substituents is 1. The van der Waals surface area contributed by atoms with E-state index in [1.165, 1.54) is 6.07 Å². The summed E-state index contributed by atoms with van der Waals surface area (Å²) in [5.41, 5.74) is 3.89. The van der Waals surface area contributed by atoms with E-state index in [1.807, 2.05) is 22.2 Å². The fourth-order valence-electron chi connectivity index (χ4n) is 1.93. The van der Waals surface area contributed by atoms with Gasteiger partial charge in [0.05, 0.1) is 22.7 Å². The fourth-order valence-corrected chi connectivity index (χ4v) is 2.48. The third kappa shape index (κ3) is 1.86. The SMILES string of the molecule is O=[N+]([O-])c1ccc2c(ccn2Cc2cscn2)c1. The summed E-state index contributed by atoms with van der Waals surface area (Å²) in [6.07, 6.45) is 1.92. The van der Waals surface area contributed by atoms with Crippen LogP contribution in [0, 0.1) is 10.1 Å². The highest BCUT2D eigenvalue weighted by molar-refractivity contribution is 7.07. The van der Waals surface area contributed by atoms with Gasteiger partial charge in [-0.1, -0.05) is 0 Å². The number of hydrogen-bond donors (Lipinski definition) is 0. The summed E-state index contributed by atoms with van der Waals surface area (Å²) in [7, 11) is 0. The van der Waals surface area contributed by atoms with Gasteiger partial charge in [-0.25, -0.2) is 4.98 Å². The lowest BCUT2D eigenvalue weighted by Crippen LogP contribution is -1.97. The predicted molar refractivity (Wildman–Crippen MR) is 69.8 cm³/mol. The molecule has 3 aromatic rings. The number of thiazole rings is 1. The second kappa shape index (κ2) is 4.23. The molecule has 6 heteroatoms. The number of aromatic nitrogens is 2. The number of rotatable bonds is 3. The molecule has 1 aromatic carbocycles. The van der Waals surface area contributed by atoms with Crippen LogP contribution in [0.25, 0.3) is 10.9 Å². The van der Waals surface area contributed by atoms with Gasteiger partial charge in [0, 0.05) is 34.6 Å². The Morgan fingerprint density at radius 3 is 3.00 bits per heavy atom. The van der Waals surface area contributed by atoms with E-state index in [0.29, 0.717) is 6.54 Å². The third-order valence-corrected chi connectivity index (χ3v) is 3.42. The number of fused-ring (bicyclic) bond motifs is 1. The first-order valence-electron chi connectivity index (χ1n) is 5.34. The van der Waals surface area contributed by atoms with Crippen molar-refractivity contribution in [2.75, 3.05) is 0 Å². The molecule has 18 heavy (non-hydrogen) atoms.